The monoisotopic (exact) mass is 307 g/mol. The minimum atomic E-state index is -3.36. The van der Waals surface area contributed by atoms with Gasteiger partial charge in [0.1, 0.15) is 0 Å². The first-order valence-electron chi connectivity index (χ1n) is 6.80. The van der Waals surface area contributed by atoms with Crippen LogP contribution in [0.25, 0.3) is 0 Å². The molecular formula is C15H21N3O2S. The Kier molecular flexibility index (Phi) is 4.49. The number of benzene rings is 1. The summed E-state index contributed by atoms with van der Waals surface area (Å²) >= 11 is 0. The van der Waals surface area contributed by atoms with Crippen LogP contribution in [0, 0.1) is 20.8 Å². The molecule has 0 saturated carbocycles. The van der Waals surface area contributed by atoms with E-state index in [1.165, 1.54) is 0 Å². The van der Waals surface area contributed by atoms with Gasteiger partial charge in [-0.1, -0.05) is 29.8 Å². The molecule has 0 radical (unpaired) electrons. The summed E-state index contributed by atoms with van der Waals surface area (Å²) in [7, 11) is -1.50. The lowest BCUT2D eigenvalue weighted by Crippen LogP contribution is -2.25. The van der Waals surface area contributed by atoms with Gasteiger partial charge in [-0.25, -0.2) is 13.1 Å². The fourth-order valence-electron chi connectivity index (χ4n) is 2.21. The molecule has 1 aromatic heterocycles. The van der Waals surface area contributed by atoms with Crippen LogP contribution in [-0.4, -0.2) is 18.2 Å². The minimum Gasteiger partial charge on any atom is -0.272 e. The fourth-order valence-corrected chi connectivity index (χ4v) is 3.31. The van der Waals surface area contributed by atoms with E-state index in [-0.39, 0.29) is 12.3 Å². The molecule has 21 heavy (non-hydrogen) atoms. The topological polar surface area (TPSA) is 64.0 Å². The zero-order valence-corrected chi connectivity index (χ0v) is 13.7. The van der Waals surface area contributed by atoms with E-state index in [9.17, 15) is 8.42 Å². The van der Waals surface area contributed by atoms with Crippen LogP contribution in [-0.2, 0) is 29.4 Å². The number of sulfonamides is 1. The second-order valence-corrected chi connectivity index (χ2v) is 7.15. The van der Waals surface area contributed by atoms with Gasteiger partial charge in [-0.3, -0.25) is 4.68 Å². The molecule has 0 atom stereocenters. The van der Waals surface area contributed by atoms with Crippen molar-refractivity contribution in [2.24, 2.45) is 7.05 Å². The van der Waals surface area contributed by atoms with Crippen molar-refractivity contribution in [2.75, 3.05) is 0 Å². The number of aryl methyl sites for hydroxylation is 3. The molecule has 0 aliphatic heterocycles. The highest BCUT2D eigenvalue weighted by molar-refractivity contribution is 7.88. The van der Waals surface area contributed by atoms with Gasteiger partial charge in [0, 0.05) is 24.8 Å². The summed E-state index contributed by atoms with van der Waals surface area (Å²) < 4.78 is 28.7. The predicted octanol–water partition coefficient (Wildman–Crippen LogP) is 1.96. The predicted molar refractivity (Wildman–Crippen MR) is 83.3 cm³/mol. The van der Waals surface area contributed by atoms with Crippen LogP contribution in [0.3, 0.4) is 0 Å². The van der Waals surface area contributed by atoms with Crippen molar-refractivity contribution in [3.05, 3.63) is 52.3 Å². The molecule has 1 N–H and O–H groups in total. The molecule has 0 spiro atoms. The number of nitrogens with one attached hydrogen (secondary N) is 1. The second kappa shape index (κ2) is 5.99. The van der Waals surface area contributed by atoms with Crippen molar-refractivity contribution in [2.45, 2.75) is 33.1 Å². The SMILES string of the molecule is Cc1ccc(CS(=O)(=O)NCc2c(C)nn(C)c2C)cc1. The molecule has 5 nitrogen and oxygen atoms in total. The maximum absolute atomic E-state index is 12.1. The smallest absolute Gasteiger partial charge is 0.216 e. The Morgan fingerprint density at radius 2 is 1.76 bits per heavy atom. The van der Waals surface area contributed by atoms with Gasteiger partial charge < -0.3 is 0 Å². The molecule has 1 aromatic carbocycles. The zero-order valence-electron chi connectivity index (χ0n) is 12.8. The summed E-state index contributed by atoms with van der Waals surface area (Å²) in [4.78, 5) is 0. The van der Waals surface area contributed by atoms with Crippen molar-refractivity contribution < 1.29 is 8.42 Å². The van der Waals surface area contributed by atoms with Crippen molar-refractivity contribution in [1.29, 1.82) is 0 Å². The van der Waals surface area contributed by atoms with E-state index in [2.05, 4.69) is 9.82 Å². The van der Waals surface area contributed by atoms with Crippen molar-refractivity contribution in [3.63, 3.8) is 0 Å². The lowest BCUT2D eigenvalue weighted by molar-refractivity contribution is 0.580. The Balaban J connectivity index is 2.06. The van der Waals surface area contributed by atoms with E-state index in [1.54, 1.807) is 4.68 Å². The number of hydrogen-bond acceptors (Lipinski definition) is 3. The Bertz CT molecular complexity index is 731. The first kappa shape index (κ1) is 15.7. The van der Waals surface area contributed by atoms with E-state index in [4.69, 9.17) is 0 Å². The summed E-state index contributed by atoms with van der Waals surface area (Å²) in [5, 5.41) is 4.29. The molecule has 2 aromatic rings. The highest BCUT2D eigenvalue weighted by Gasteiger charge is 2.15. The first-order chi connectivity index (χ1) is 9.78. The third-order valence-electron chi connectivity index (χ3n) is 3.61. The highest BCUT2D eigenvalue weighted by atomic mass is 32.2. The minimum absolute atomic E-state index is 0.00830. The largest absolute Gasteiger partial charge is 0.272 e. The molecular weight excluding hydrogens is 286 g/mol. The molecule has 114 valence electrons. The fraction of sp³-hybridized carbons (Fsp3) is 0.400. The second-order valence-electron chi connectivity index (χ2n) is 5.34. The Hall–Kier alpha value is -1.66. The summed E-state index contributed by atoms with van der Waals surface area (Å²) in [5.41, 5.74) is 4.67. The molecule has 2 rings (SSSR count). The number of aromatic nitrogens is 2. The van der Waals surface area contributed by atoms with Crippen LogP contribution in [0.1, 0.15) is 28.1 Å². The molecule has 0 bridgehead atoms. The average molecular weight is 307 g/mol. The van der Waals surface area contributed by atoms with Crippen LogP contribution in [0.5, 0.6) is 0 Å². The van der Waals surface area contributed by atoms with Gasteiger partial charge in [-0.15, -0.1) is 0 Å². The van der Waals surface area contributed by atoms with Crippen LogP contribution >= 0.6 is 0 Å². The Labute approximate surface area is 126 Å². The lowest BCUT2D eigenvalue weighted by Gasteiger charge is -2.08. The summed E-state index contributed by atoms with van der Waals surface area (Å²) in [6, 6.07) is 7.52. The highest BCUT2D eigenvalue weighted by Crippen LogP contribution is 2.13. The molecule has 0 aliphatic rings. The van der Waals surface area contributed by atoms with Crippen molar-refractivity contribution in [1.82, 2.24) is 14.5 Å². The Morgan fingerprint density at radius 1 is 1.14 bits per heavy atom. The third-order valence-corrected chi connectivity index (χ3v) is 4.90. The van der Waals surface area contributed by atoms with E-state index in [0.29, 0.717) is 0 Å². The standard InChI is InChI=1S/C15H21N3O2S/c1-11-5-7-14(8-6-11)10-21(19,20)16-9-15-12(2)17-18(4)13(15)3/h5-8,16H,9-10H2,1-4H3. The molecule has 0 aliphatic carbocycles. The van der Waals surface area contributed by atoms with Crippen molar-refractivity contribution >= 4 is 10.0 Å². The van der Waals surface area contributed by atoms with Crippen molar-refractivity contribution in [3.8, 4) is 0 Å². The Morgan fingerprint density at radius 3 is 2.29 bits per heavy atom. The maximum Gasteiger partial charge on any atom is 0.216 e. The average Bonchev–Trinajstić information content (AvgIpc) is 2.64. The van der Waals surface area contributed by atoms with Gasteiger partial charge in [0.25, 0.3) is 0 Å². The van der Waals surface area contributed by atoms with Gasteiger partial charge in [-0.05, 0) is 26.3 Å². The van der Waals surface area contributed by atoms with Crippen LogP contribution < -0.4 is 4.72 Å². The van der Waals surface area contributed by atoms with Gasteiger partial charge >= 0.3 is 0 Å². The first-order valence-corrected chi connectivity index (χ1v) is 8.45. The molecule has 1 heterocycles. The normalized spacial score (nSPS) is 11.8. The lowest BCUT2D eigenvalue weighted by atomic mass is 10.2. The van der Waals surface area contributed by atoms with Crippen LogP contribution in [0.15, 0.2) is 24.3 Å². The molecule has 0 unspecified atom stereocenters. The van der Waals surface area contributed by atoms with E-state index in [1.807, 2.05) is 52.1 Å². The van der Waals surface area contributed by atoms with E-state index >= 15 is 0 Å². The number of rotatable bonds is 5. The molecule has 0 fully saturated rings. The van der Waals surface area contributed by atoms with E-state index < -0.39 is 10.0 Å². The van der Waals surface area contributed by atoms with Gasteiger partial charge in [-0.2, -0.15) is 5.10 Å². The van der Waals surface area contributed by atoms with E-state index in [0.717, 1.165) is 28.1 Å². The van der Waals surface area contributed by atoms with Gasteiger partial charge in [0.2, 0.25) is 10.0 Å². The number of nitrogens with zero attached hydrogens (tertiary/aromatic N) is 2. The van der Waals surface area contributed by atoms with Crippen LogP contribution in [0.4, 0.5) is 0 Å². The molecule has 0 saturated heterocycles. The summed E-state index contributed by atoms with van der Waals surface area (Å²) in [5.74, 6) is -0.00830. The van der Waals surface area contributed by atoms with Gasteiger partial charge in [0.05, 0.1) is 11.4 Å². The molecule has 0 amide bonds. The van der Waals surface area contributed by atoms with Gasteiger partial charge in [0.15, 0.2) is 0 Å². The van der Waals surface area contributed by atoms with Crippen LogP contribution in [0.2, 0.25) is 0 Å². The zero-order chi connectivity index (χ0) is 15.6. The summed E-state index contributed by atoms with van der Waals surface area (Å²) in [6.45, 7) is 6.07. The molecule has 6 heteroatoms. The number of hydrogen-bond donors (Lipinski definition) is 1. The summed E-state index contributed by atoms with van der Waals surface area (Å²) in [6.07, 6.45) is 0. The maximum atomic E-state index is 12.1. The quantitative estimate of drug-likeness (QED) is 0.918. The third kappa shape index (κ3) is 3.92.